The van der Waals surface area contributed by atoms with Gasteiger partial charge in [-0.1, -0.05) is 18.2 Å². The minimum absolute atomic E-state index is 0.115. The Labute approximate surface area is 168 Å². The Morgan fingerprint density at radius 2 is 1.90 bits per heavy atom. The van der Waals surface area contributed by atoms with Crippen LogP contribution in [0.3, 0.4) is 0 Å². The molecule has 4 aromatic rings. The first-order valence-corrected chi connectivity index (χ1v) is 9.44. The highest BCUT2D eigenvalue weighted by Gasteiger charge is 2.18. The molecule has 0 saturated heterocycles. The predicted molar refractivity (Wildman–Crippen MR) is 120 cm³/mol. The molecular formula is C23H23N5O. The largest absolute Gasteiger partial charge is 0.334 e. The van der Waals surface area contributed by atoms with Crippen LogP contribution in [0.25, 0.3) is 27.6 Å². The molecule has 0 unspecified atom stereocenters. The van der Waals surface area contributed by atoms with Gasteiger partial charge in [-0.15, -0.1) is 0 Å². The van der Waals surface area contributed by atoms with Gasteiger partial charge in [-0.05, 0) is 48.6 Å². The number of aromatic nitrogens is 3. The molecule has 0 aliphatic rings. The molecule has 4 rings (SSSR count). The monoisotopic (exact) mass is 385 g/mol. The summed E-state index contributed by atoms with van der Waals surface area (Å²) in [6.45, 7) is 4.03. The van der Waals surface area contributed by atoms with E-state index in [9.17, 15) is 4.79 Å². The fourth-order valence-corrected chi connectivity index (χ4v) is 3.87. The SMILES string of the molecule is CN=CC(=NC)c1cc2c(ccc3c2n(-c2ncccc2C)c(=O)n3C)cc1C. The van der Waals surface area contributed by atoms with Crippen molar-refractivity contribution in [2.45, 2.75) is 13.8 Å². The number of aryl methyl sites for hydroxylation is 3. The molecule has 0 spiro atoms. The van der Waals surface area contributed by atoms with Crippen LogP contribution in [0.1, 0.15) is 16.7 Å². The van der Waals surface area contributed by atoms with E-state index in [-0.39, 0.29) is 5.69 Å². The Kier molecular flexibility index (Phi) is 4.62. The molecule has 0 saturated carbocycles. The van der Waals surface area contributed by atoms with E-state index in [2.05, 4.69) is 40.1 Å². The van der Waals surface area contributed by atoms with Crippen LogP contribution >= 0.6 is 0 Å². The fourth-order valence-electron chi connectivity index (χ4n) is 3.87. The number of pyridine rings is 1. The zero-order valence-electron chi connectivity index (χ0n) is 17.3. The fraction of sp³-hybridized carbons (Fsp3) is 0.217. The van der Waals surface area contributed by atoms with Crippen LogP contribution in [-0.2, 0) is 7.05 Å². The highest BCUT2D eigenvalue weighted by Crippen LogP contribution is 2.29. The second-order valence-electron chi connectivity index (χ2n) is 7.14. The third-order valence-electron chi connectivity index (χ3n) is 5.34. The van der Waals surface area contributed by atoms with Crippen molar-refractivity contribution in [3.8, 4) is 5.82 Å². The van der Waals surface area contributed by atoms with Gasteiger partial charge in [-0.2, -0.15) is 0 Å². The molecule has 0 atom stereocenters. The first-order valence-electron chi connectivity index (χ1n) is 9.44. The second-order valence-corrected chi connectivity index (χ2v) is 7.14. The lowest BCUT2D eigenvalue weighted by Crippen LogP contribution is -2.22. The average Bonchev–Trinajstić information content (AvgIpc) is 2.97. The van der Waals surface area contributed by atoms with Gasteiger partial charge in [0.05, 0.1) is 16.7 Å². The molecule has 2 aromatic heterocycles. The molecule has 6 heteroatoms. The maximum atomic E-state index is 13.2. The minimum Gasteiger partial charge on any atom is -0.295 e. The maximum Gasteiger partial charge on any atom is 0.334 e. The van der Waals surface area contributed by atoms with Gasteiger partial charge >= 0.3 is 5.69 Å². The summed E-state index contributed by atoms with van der Waals surface area (Å²) in [6, 6.07) is 12.1. The molecule has 146 valence electrons. The Morgan fingerprint density at radius 1 is 1.10 bits per heavy atom. The average molecular weight is 385 g/mol. The number of nitrogens with zero attached hydrogens (tertiary/aromatic N) is 5. The van der Waals surface area contributed by atoms with Crippen LogP contribution in [0.5, 0.6) is 0 Å². The summed E-state index contributed by atoms with van der Waals surface area (Å²) in [5, 5.41) is 2.05. The highest BCUT2D eigenvalue weighted by atomic mass is 16.1. The van der Waals surface area contributed by atoms with Crippen LogP contribution < -0.4 is 5.69 Å². The van der Waals surface area contributed by atoms with Crippen molar-refractivity contribution < 1.29 is 0 Å². The van der Waals surface area contributed by atoms with Crippen molar-refractivity contribution in [3.63, 3.8) is 0 Å². The molecule has 0 aliphatic carbocycles. The van der Waals surface area contributed by atoms with Crippen molar-refractivity contribution in [1.29, 1.82) is 0 Å². The molecular weight excluding hydrogens is 362 g/mol. The summed E-state index contributed by atoms with van der Waals surface area (Å²) in [5.74, 6) is 0.650. The van der Waals surface area contributed by atoms with Crippen LogP contribution in [-0.4, -0.2) is 40.1 Å². The summed E-state index contributed by atoms with van der Waals surface area (Å²) in [6.07, 6.45) is 3.48. The standard InChI is InChI=1S/C23H23N5O/c1-14-7-6-10-26-22(14)28-21-18-12-17(19(25-4)13-24-3)15(2)11-16(18)8-9-20(21)27(5)23(28)29/h6-13H,1-5H3. The molecule has 0 radical (unpaired) electrons. The molecule has 6 nitrogen and oxygen atoms in total. The van der Waals surface area contributed by atoms with E-state index in [0.717, 1.165) is 44.2 Å². The molecule has 2 aromatic carbocycles. The third kappa shape index (κ3) is 2.88. The van der Waals surface area contributed by atoms with E-state index in [1.54, 1.807) is 42.7 Å². The molecule has 0 N–H and O–H groups in total. The quantitative estimate of drug-likeness (QED) is 0.506. The van der Waals surface area contributed by atoms with E-state index < -0.39 is 0 Å². The van der Waals surface area contributed by atoms with E-state index in [0.29, 0.717) is 5.82 Å². The lowest BCUT2D eigenvalue weighted by molar-refractivity contribution is 0.831. The van der Waals surface area contributed by atoms with Crippen LogP contribution in [0.15, 0.2) is 57.4 Å². The van der Waals surface area contributed by atoms with E-state index in [1.807, 2.05) is 25.1 Å². The number of imidazole rings is 1. The molecule has 0 bridgehead atoms. The topological polar surface area (TPSA) is 64.5 Å². The summed E-state index contributed by atoms with van der Waals surface area (Å²) in [4.78, 5) is 26.2. The Balaban J connectivity index is 2.19. The Hall–Kier alpha value is -3.54. The zero-order chi connectivity index (χ0) is 20.7. The zero-order valence-corrected chi connectivity index (χ0v) is 17.3. The third-order valence-corrected chi connectivity index (χ3v) is 5.34. The lowest BCUT2D eigenvalue weighted by atomic mass is 9.98. The van der Waals surface area contributed by atoms with Crippen molar-refractivity contribution in [2.24, 2.45) is 17.0 Å². The second kappa shape index (κ2) is 7.13. The van der Waals surface area contributed by atoms with Gasteiger partial charge in [0.2, 0.25) is 0 Å². The van der Waals surface area contributed by atoms with Gasteiger partial charge in [-0.25, -0.2) is 14.3 Å². The van der Waals surface area contributed by atoms with Gasteiger partial charge in [0.15, 0.2) is 0 Å². The number of hydrogen-bond acceptors (Lipinski definition) is 4. The predicted octanol–water partition coefficient (Wildman–Crippen LogP) is 3.61. The van der Waals surface area contributed by atoms with E-state index >= 15 is 0 Å². The molecule has 0 aliphatic heterocycles. The summed E-state index contributed by atoms with van der Waals surface area (Å²) in [5.41, 5.74) is 5.46. The normalized spacial score (nSPS) is 12.5. The summed E-state index contributed by atoms with van der Waals surface area (Å²) in [7, 11) is 5.29. The number of fused-ring (bicyclic) bond motifs is 3. The van der Waals surface area contributed by atoms with Gasteiger partial charge in [0, 0.05) is 44.5 Å². The van der Waals surface area contributed by atoms with Crippen molar-refractivity contribution in [1.82, 2.24) is 14.1 Å². The van der Waals surface area contributed by atoms with Crippen molar-refractivity contribution >= 4 is 33.7 Å². The van der Waals surface area contributed by atoms with Gasteiger partial charge < -0.3 is 0 Å². The van der Waals surface area contributed by atoms with E-state index in [4.69, 9.17) is 0 Å². The number of benzene rings is 2. The highest BCUT2D eigenvalue weighted by molar-refractivity contribution is 6.39. The number of hydrogen-bond donors (Lipinski definition) is 0. The van der Waals surface area contributed by atoms with Crippen LogP contribution in [0.4, 0.5) is 0 Å². The van der Waals surface area contributed by atoms with Gasteiger partial charge in [-0.3, -0.25) is 14.6 Å². The molecule has 29 heavy (non-hydrogen) atoms. The number of aliphatic imine (C=N–C) groups is 2. The minimum atomic E-state index is -0.115. The Morgan fingerprint density at radius 3 is 2.59 bits per heavy atom. The maximum absolute atomic E-state index is 13.2. The van der Waals surface area contributed by atoms with E-state index in [1.165, 1.54) is 0 Å². The molecule has 0 amide bonds. The smallest absolute Gasteiger partial charge is 0.295 e. The number of rotatable bonds is 3. The van der Waals surface area contributed by atoms with Gasteiger partial charge in [0.1, 0.15) is 5.82 Å². The van der Waals surface area contributed by atoms with Crippen LogP contribution in [0.2, 0.25) is 0 Å². The first kappa shape index (κ1) is 18.8. The summed E-state index contributed by atoms with van der Waals surface area (Å²) < 4.78 is 3.38. The van der Waals surface area contributed by atoms with Crippen LogP contribution in [0, 0.1) is 13.8 Å². The lowest BCUT2D eigenvalue weighted by Gasteiger charge is -2.11. The molecule has 0 fully saturated rings. The Bertz CT molecular complexity index is 1370. The van der Waals surface area contributed by atoms with Crippen molar-refractivity contribution in [2.75, 3.05) is 14.1 Å². The summed E-state index contributed by atoms with van der Waals surface area (Å²) >= 11 is 0. The molecule has 2 heterocycles. The van der Waals surface area contributed by atoms with Gasteiger partial charge in [0.25, 0.3) is 0 Å². The van der Waals surface area contributed by atoms with Crippen molar-refractivity contribution in [3.05, 3.63) is 69.8 Å². The first-order chi connectivity index (χ1) is 14.0.